The molecule has 35 heavy (non-hydrogen) atoms. The Kier molecular flexibility index (Phi) is 7.55. The van der Waals surface area contributed by atoms with E-state index in [4.69, 9.17) is 9.16 Å². The summed E-state index contributed by atoms with van der Waals surface area (Å²) in [4.78, 5) is 0. The Morgan fingerprint density at radius 2 is 1.34 bits per heavy atom. The van der Waals surface area contributed by atoms with Gasteiger partial charge in [-0.3, -0.25) is 0 Å². The highest BCUT2D eigenvalue weighted by molar-refractivity contribution is 6.99. The molecule has 0 bridgehead atoms. The maximum absolute atomic E-state index is 10.8. The van der Waals surface area contributed by atoms with Crippen molar-refractivity contribution in [2.24, 2.45) is 0 Å². The highest BCUT2D eigenvalue weighted by Gasteiger charge is 2.50. The van der Waals surface area contributed by atoms with Crippen molar-refractivity contribution in [1.82, 2.24) is 0 Å². The van der Waals surface area contributed by atoms with E-state index in [2.05, 4.69) is 113 Å². The molecule has 0 aromatic heterocycles. The number of ether oxygens (including phenoxy) is 1. The molecule has 4 rings (SSSR count). The van der Waals surface area contributed by atoms with Crippen LogP contribution in [-0.2, 0) is 15.8 Å². The largest absolute Gasteiger partial charge is 0.403 e. The van der Waals surface area contributed by atoms with Gasteiger partial charge in [0.15, 0.2) is 0 Å². The number of aliphatic hydroxyl groups excluding tert-OH is 1. The van der Waals surface area contributed by atoms with Crippen molar-refractivity contribution in [3.63, 3.8) is 0 Å². The van der Waals surface area contributed by atoms with Gasteiger partial charge in [0, 0.05) is 6.42 Å². The average molecular weight is 505 g/mol. The smallest absolute Gasteiger partial charge is 0.261 e. The molecule has 1 aliphatic rings. The predicted octanol–water partition coefficient (Wildman–Crippen LogP) is 5.83. The number of hydrogen-bond acceptors (Lipinski definition) is 3. The molecule has 186 valence electrons. The van der Waals surface area contributed by atoms with Crippen LogP contribution in [0.25, 0.3) is 0 Å². The fraction of sp³-hybridized carbons (Fsp3) is 0.400. The van der Waals surface area contributed by atoms with Gasteiger partial charge in [0.05, 0.1) is 32.6 Å². The second-order valence-electron chi connectivity index (χ2n) is 11.9. The van der Waals surface area contributed by atoms with Crippen LogP contribution in [0.5, 0.6) is 0 Å². The Hall–Kier alpha value is -2.03. The maximum Gasteiger partial charge on any atom is 0.261 e. The van der Waals surface area contributed by atoms with Crippen LogP contribution in [0.4, 0.5) is 0 Å². The van der Waals surface area contributed by atoms with Crippen molar-refractivity contribution in [1.29, 1.82) is 0 Å². The van der Waals surface area contributed by atoms with E-state index in [9.17, 15) is 5.11 Å². The Bertz CT molecular complexity index is 1050. The highest BCUT2D eigenvalue weighted by atomic mass is 28.4. The zero-order valence-electron chi connectivity index (χ0n) is 22.0. The standard InChI is InChI=1S/C30H40O3Si2/c1-30(2,3)35(25-13-9-7-10-14-25,26-15-11-8-12-16-26)32-22-23-17-19-24(20-18-23)27(31)21-28-29(33-28)34(4,5)6/h7-20,27-29,31H,21-22H2,1-6H3. The van der Waals surface area contributed by atoms with Gasteiger partial charge in [-0.1, -0.05) is 125 Å². The van der Waals surface area contributed by atoms with E-state index in [1.54, 1.807) is 0 Å². The molecule has 1 saturated heterocycles. The topological polar surface area (TPSA) is 42.0 Å². The molecule has 0 spiro atoms. The van der Waals surface area contributed by atoms with Gasteiger partial charge in [0.25, 0.3) is 8.32 Å². The first-order chi connectivity index (χ1) is 16.5. The van der Waals surface area contributed by atoms with Gasteiger partial charge in [-0.25, -0.2) is 0 Å². The normalized spacial score (nSPS) is 19.4. The first kappa shape index (κ1) is 26.0. The Morgan fingerprint density at radius 1 is 0.829 bits per heavy atom. The number of hydrogen-bond donors (Lipinski definition) is 1. The van der Waals surface area contributed by atoms with E-state index >= 15 is 0 Å². The van der Waals surface area contributed by atoms with Crippen LogP contribution >= 0.6 is 0 Å². The van der Waals surface area contributed by atoms with Gasteiger partial charge in [0.2, 0.25) is 0 Å². The molecule has 1 fully saturated rings. The second kappa shape index (κ2) is 10.2. The molecule has 5 heteroatoms. The average Bonchev–Trinajstić information content (AvgIpc) is 3.60. The zero-order chi connectivity index (χ0) is 25.3. The molecule has 0 radical (unpaired) electrons. The molecule has 0 aliphatic carbocycles. The fourth-order valence-electron chi connectivity index (χ4n) is 5.23. The van der Waals surface area contributed by atoms with Crippen molar-refractivity contribution < 1.29 is 14.3 Å². The summed E-state index contributed by atoms with van der Waals surface area (Å²) in [5.74, 6) is 0. The first-order valence-electron chi connectivity index (χ1n) is 12.7. The first-order valence-corrected chi connectivity index (χ1v) is 18.2. The van der Waals surface area contributed by atoms with Crippen LogP contribution in [0.1, 0.15) is 44.4 Å². The van der Waals surface area contributed by atoms with E-state index < -0.39 is 22.5 Å². The number of aliphatic hydroxyl groups is 1. The van der Waals surface area contributed by atoms with Crippen molar-refractivity contribution >= 4 is 26.8 Å². The van der Waals surface area contributed by atoms with E-state index in [0.717, 1.165) is 11.1 Å². The summed E-state index contributed by atoms with van der Waals surface area (Å²) in [5, 5.41) is 13.3. The van der Waals surface area contributed by atoms with Crippen molar-refractivity contribution in [3.8, 4) is 0 Å². The summed E-state index contributed by atoms with van der Waals surface area (Å²) < 4.78 is 12.9. The minimum Gasteiger partial charge on any atom is -0.403 e. The van der Waals surface area contributed by atoms with Crippen molar-refractivity contribution in [3.05, 3.63) is 96.1 Å². The Labute approximate surface area is 213 Å². The van der Waals surface area contributed by atoms with Crippen LogP contribution < -0.4 is 10.4 Å². The summed E-state index contributed by atoms with van der Waals surface area (Å²) >= 11 is 0. The molecule has 3 atom stereocenters. The van der Waals surface area contributed by atoms with Gasteiger partial charge < -0.3 is 14.3 Å². The molecule has 3 aromatic carbocycles. The lowest BCUT2D eigenvalue weighted by molar-refractivity contribution is 0.154. The summed E-state index contributed by atoms with van der Waals surface area (Å²) in [6.45, 7) is 14.4. The summed E-state index contributed by atoms with van der Waals surface area (Å²) in [5.41, 5.74) is 2.44. The van der Waals surface area contributed by atoms with Crippen LogP contribution in [0.3, 0.4) is 0 Å². The predicted molar refractivity (Wildman–Crippen MR) is 150 cm³/mol. The quantitative estimate of drug-likeness (QED) is 0.294. The van der Waals surface area contributed by atoms with Crippen molar-refractivity contribution in [2.75, 3.05) is 0 Å². The Balaban J connectivity index is 1.53. The fourth-order valence-corrected chi connectivity index (χ4v) is 11.6. The van der Waals surface area contributed by atoms with E-state index in [1.807, 2.05) is 12.1 Å². The van der Waals surface area contributed by atoms with Gasteiger partial charge >= 0.3 is 0 Å². The third kappa shape index (κ3) is 5.70. The molecule has 1 aliphatic heterocycles. The van der Waals surface area contributed by atoms with E-state index in [-0.39, 0.29) is 11.1 Å². The van der Waals surface area contributed by atoms with E-state index in [1.165, 1.54) is 10.4 Å². The summed E-state index contributed by atoms with van der Waals surface area (Å²) in [7, 11) is -3.88. The lowest BCUT2D eigenvalue weighted by Crippen LogP contribution is -2.66. The highest BCUT2D eigenvalue weighted by Crippen LogP contribution is 2.38. The van der Waals surface area contributed by atoms with Gasteiger partial charge in [-0.15, -0.1) is 0 Å². The zero-order valence-corrected chi connectivity index (χ0v) is 24.0. The summed E-state index contributed by atoms with van der Waals surface area (Å²) in [6, 6.07) is 29.7. The van der Waals surface area contributed by atoms with Gasteiger partial charge in [0.1, 0.15) is 0 Å². The molecule has 3 nitrogen and oxygen atoms in total. The second-order valence-corrected chi connectivity index (χ2v) is 21.5. The van der Waals surface area contributed by atoms with Gasteiger partial charge in [-0.2, -0.15) is 0 Å². The number of rotatable bonds is 9. The van der Waals surface area contributed by atoms with Gasteiger partial charge in [-0.05, 0) is 26.5 Å². The third-order valence-corrected chi connectivity index (χ3v) is 14.3. The Morgan fingerprint density at radius 3 is 1.77 bits per heavy atom. The van der Waals surface area contributed by atoms with Crippen LogP contribution in [-0.4, -0.2) is 33.3 Å². The number of epoxide rings is 1. The third-order valence-electron chi connectivity index (χ3n) is 7.13. The molecular formula is C30H40O3Si2. The molecule has 3 unspecified atom stereocenters. The molecule has 0 saturated carbocycles. The monoisotopic (exact) mass is 504 g/mol. The molecule has 3 aromatic rings. The maximum atomic E-state index is 10.8. The van der Waals surface area contributed by atoms with Crippen molar-refractivity contribution in [2.45, 2.75) is 76.4 Å². The van der Waals surface area contributed by atoms with E-state index in [0.29, 0.717) is 18.8 Å². The minimum absolute atomic E-state index is 0.0526. The minimum atomic E-state index is -2.57. The molecular weight excluding hydrogens is 464 g/mol. The lowest BCUT2D eigenvalue weighted by Gasteiger charge is -2.43. The van der Waals surface area contributed by atoms with Crippen LogP contribution in [0.2, 0.25) is 24.7 Å². The lowest BCUT2D eigenvalue weighted by atomic mass is 10.0. The van der Waals surface area contributed by atoms with Crippen LogP contribution in [0.15, 0.2) is 84.9 Å². The SMILES string of the molecule is CC(C)(C)[Si](OCc1ccc(C(O)CC2OC2[Si](C)(C)C)cc1)(c1ccccc1)c1ccccc1. The molecule has 1 heterocycles. The molecule has 0 amide bonds. The summed E-state index contributed by atoms with van der Waals surface area (Å²) in [6.07, 6.45) is 0.384. The number of benzene rings is 3. The molecule has 1 N–H and O–H groups in total. The van der Waals surface area contributed by atoms with Crippen LogP contribution in [0, 0.1) is 0 Å².